The number of halogens is 2. The third kappa shape index (κ3) is 5.74. The highest BCUT2D eigenvalue weighted by atomic mass is 127. The molecule has 0 saturated heterocycles. The fraction of sp³-hybridized carbons (Fsp3) is 0.158. The maximum absolute atomic E-state index is 12.0. The Morgan fingerprint density at radius 2 is 2.04 bits per heavy atom. The van der Waals surface area contributed by atoms with Crippen LogP contribution in [0.25, 0.3) is 0 Å². The van der Waals surface area contributed by atoms with Crippen molar-refractivity contribution in [2.75, 3.05) is 13.2 Å². The minimum Gasteiger partial charge on any atom is -0.490 e. The van der Waals surface area contributed by atoms with Gasteiger partial charge in [-0.2, -0.15) is 5.10 Å². The van der Waals surface area contributed by atoms with Gasteiger partial charge in [-0.05, 0) is 71.5 Å². The lowest BCUT2D eigenvalue weighted by Crippen LogP contribution is -2.17. The normalized spacial score (nSPS) is 10.6. The summed E-state index contributed by atoms with van der Waals surface area (Å²) in [7, 11) is 0. The van der Waals surface area contributed by atoms with E-state index in [-0.39, 0.29) is 5.91 Å². The monoisotopic (exact) mass is 484 g/mol. The number of amides is 1. The van der Waals surface area contributed by atoms with E-state index in [2.05, 4.69) is 39.7 Å². The quantitative estimate of drug-likeness (QED) is 0.256. The van der Waals surface area contributed by atoms with Gasteiger partial charge in [0.25, 0.3) is 5.91 Å². The lowest BCUT2D eigenvalue weighted by atomic mass is 10.2. The van der Waals surface area contributed by atoms with Crippen molar-refractivity contribution < 1.29 is 14.3 Å². The molecule has 1 amide bonds. The Bertz CT molecular complexity index is 807. The second-order valence-corrected chi connectivity index (χ2v) is 6.72. The Morgan fingerprint density at radius 1 is 1.31 bits per heavy atom. The number of nitrogens with zero attached hydrogens (tertiary/aromatic N) is 1. The molecule has 5 nitrogen and oxygen atoms in total. The molecule has 0 saturated carbocycles. The predicted molar refractivity (Wildman–Crippen MR) is 113 cm³/mol. The summed E-state index contributed by atoms with van der Waals surface area (Å²) < 4.78 is 12.2. The maximum atomic E-state index is 12.0. The van der Waals surface area contributed by atoms with Gasteiger partial charge < -0.3 is 9.47 Å². The number of ether oxygens (including phenoxy) is 2. The van der Waals surface area contributed by atoms with Crippen molar-refractivity contribution in [3.05, 3.63) is 68.8 Å². The SMILES string of the molecule is C=CCOc1c(Cl)cc(/C=N\NC(=O)c2ccc(I)cc2)cc1OCC. The van der Waals surface area contributed by atoms with Gasteiger partial charge in [0.2, 0.25) is 0 Å². The zero-order chi connectivity index (χ0) is 18.9. The standard InChI is InChI=1S/C19H18ClIN2O3/c1-3-9-26-18-16(20)10-13(11-17(18)25-4-2)12-22-23-19(24)14-5-7-15(21)8-6-14/h3,5-8,10-12H,1,4,9H2,2H3,(H,23,24)/b22-12-. The first-order valence-corrected chi connectivity index (χ1v) is 9.29. The van der Waals surface area contributed by atoms with Gasteiger partial charge >= 0.3 is 0 Å². The number of hydrazone groups is 1. The molecule has 2 aromatic rings. The molecule has 0 heterocycles. The fourth-order valence-corrected chi connectivity index (χ4v) is 2.67. The van der Waals surface area contributed by atoms with E-state index in [1.165, 1.54) is 6.21 Å². The molecule has 7 heteroatoms. The summed E-state index contributed by atoms with van der Waals surface area (Å²) in [6.07, 6.45) is 3.12. The molecule has 0 radical (unpaired) electrons. The molecule has 26 heavy (non-hydrogen) atoms. The van der Waals surface area contributed by atoms with Gasteiger partial charge in [-0.1, -0.05) is 24.3 Å². The minimum atomic E-state index is -0.292. The molecule has 2 aromatic carbocycles. The fourth-order valence-electron chi connectivity index (χ4n) is 2.04. The molecule has 0 aliphatic rings. The van der Waals surface area contributed by atoms with Gasteiger partial charge in [-0.15, -0.1) is 0 Å². The van der Waals surface area contributed by atoms with Crippen LogP contribution in [0.4, 0.5) is 0 Å². The van der Waals surface area contributed by atoms with Gasteiger partial charge in [0.05, 0.1) is 17.8 Å². The van der Waals surface area contributed by atoms with Crippen LogP contribution in [0, 0.1) is 3.57 Å². The highest BCUT2D eigenvalue weighted by Gasteiger charge is 2.12. The van der Waals surface area contributed by atoms with Gasteiger partial charge in [0, 0.05) is 9.13 Å². The molecule has 0 aliphatic heterocycles. The van der Waals surface area contributed by atoms with Gasteiger partial charge in [0.1, 0.15) is 6.61 Å². The smallest absolute Gasteiger partial charge is 0.271 e. The third-order valence-corrected chi connectivity index (χ3v) is 4.16. The van der Waals surface area contributed by atoms with Crippen LogP contribution in [-0.2, 0) is 0 Å². The summed E-state index contributed by atoms with van der Waals surface area (Å²) >= 11 is 8.45. The van der Waals surface area contributed by atoms with Crippen molar-refractivity contribution in [3.63, 3.8) is 0 Å². The summed E-state index contributed by atoms with van der Waals surface area (Å²) in [6.45, 7) is 6.26. The van der Waals surface area contributed by atoms with Crippen LogP contribution in [0.2, 0.25) is 5.02 Å². The largest absolute Gasteiger partial charge is 0.490 e. The highest BCUT2D eigenvalue weighted by Crippen LogP contribution is 2.36. The van der Waals surface area contributed by atoms with Crippen LogP contribution in [-0.4, -0.2) is 25.3 Å². The molecule has 0 fully saturated rings. The van der Waals surface area contributed by atoms with E-state index in [1.54, 1.807) is 30.3 Å². The van der Waals surface area contributed by atoms with Crippen molar-refractivity contribution in [2.24, 2.45) is 5.10 Å². The number of hydrogen-bond donors (Lipinski definition) is 1. The molecule has 1 N–H and O–H groups in total. The maximum Gasteiger partial charge on any atom is 0.271 e. The van der Waals surface area contributed by atoms with Gasteiger partial charge in [0.15, 0.2) is 11.5 Å². The first-order valence-electron chi connectivity index (χ1n) is 7.84. The van der Waals surface area contributed by atoms with Crippen molar-refractivity contribution in [2.45, 2.75) is 6.92 Å². The van der Waals surface area contributed by atoms with Gasteiger partial charge in [-0.3, -0.25) is 4.79 Å². The Morgan fingerprint density at radius 3 is 2.69 bits per heavy atom. The van der Waals surface area contributed by atoms with Crippen LogP contribution >= 0.6 is 34.2 Å². The highest BCUT2D eigenvalue weighted by molar-refractivity contribution is 14.1. The van der Waals surface area contributed by atoms with E-state index in [1.807, 2.05) is 19.1 Å². The van der Waals surface area contributed by atoms with Crippen LogP contribution in [0.3, 0.4) is 0 Å². The van der Waals surface area contributed by atoms with Crippen molar-refractivity contribution in [1.29, 1.82) is 0 Å². The lowest BCUT2D eigenvalue weighted by molar-refractivity contribution is 0.0955. The van der Waals surface area contributed by atoms with Crippen LogP contribution in [0.1, 0.15) is 22.8 Å². The molecule has 0 atom stereocenters. The molecule has 0 unspecified atom stereocenters. The molecule has 0 spiro atoms. The van der Waals surface area contributed by atoms with Gasteiger partial charge in [-0.25, -0.2) is 5.43 Å². The number of benzene rings is 2. The van der Waals surface area contributed by atoms with Crippen molar-refractivity contribution >= 4 is 46.3 Å². The Hall–Kier alpha value is -2.06. The molecule has 0 aliphatic carbocycles. The third-order valence-electron chi connectivity index (χ3n) is 3.16. The number of rotatable bonds is 8. The van der Waals surface area contributed by atoms with Crippen molar-refractivity contribution in [1.82, 2.24) is 5.43 Å². The van der Waals surface area contributed by atoms with E-state index < -0.39 is 0 Å². The predicted octanol–water partition coefficient (Wildman–Crippen LogP) is 4.67. The number of carbonyl (C=O) groups is 1. The first kappa shape index (κ1) is 20.3. The summed E-state index contributed by atoms with van der Waals surface area (Å²) in [6, 6.07) is 10.6. The zero-order valence-electron chi connectivity index (χ0n) is 14.2. The van der Waals surface area contributed by atoms with E-state index in [9.17, 15) is 4.79 Å². The number of hydrogen-bond acceptors (Lipinski definition) is 4. The summed E-state index contributed by atoms with van der Waals surface area (Å²) in [5.74, 6) is 0.667. The van der Waals surface area contributed by atoms with Crippen LogP contribution in [0.5, 0.6) is 11.5 Å². The van der Waals surface area contributed by atoms with Crippen molar-refractivity contribution in [3.8, 4) is 11.5 Å². The minimum absolute atomic E-state index is 0.292. The lowest BCUT2D eigenvalue weighted by Gasteiger charge is -2.13. The Balaban J connectivity index is 2.12. The topological polar surface area (TPSA) is 59.9 Å². The van der Waals surface area contributed by atoms with E-state index >= 15 is 0 Å². The van der Waals surface area contributed by atoms with E-state index in [0.717, 1.165) is 3.57 Å². The molecular weight excluding hydrogens is 467 g/mol. The summed E-state index contributed by atoms with van der Waals surface area (Å²) in [4.78, 5) is 12.0. The number of nitrogens with one attached hydrogen (secondary N) is 1. The Labute approximate surface area is 171 Å². The van der Waals surface area contributed by atoms with Crippen LogP contribution in [0.15, 0.2) is 54.2 Å². The molecular formula is C19H18ClIN2O3. The van der Waals surface area contributed by atoms with E-state index in [4.69, 9.17) is 21.1 Å². The zero-order valence-corrected chi connectivity index (χ0v) is 17.1. The second-order valence-electron chi connectivity index (χ2n) is 5.07. The summed E-state index contributed by atoms with van der Waals surface area (Å²) in [5, 5.41) is 4.37. The van der Waals surface area contributed by atoms with Crippen LogP contribution < -0.4 is 14.9 Å². The molecule has 0 aromatic heterocycles. The molecule has 136 valence electrons. The number of carbonyl (C=O) groups excluding carboxylic acids is 1. The Kier molecular flexibility index (Phi) is 7.93. The average molecular weight is 485 g/mol. The molecule has 0 bridgehead atoms. The average Bonchev–Trinajstić information content (AvgIpc) is 2.62. The summed E-state index contributed by atoms with van der Waals surface area (Å²) in [5.41, 5.74) is 3.69. The van der Waals surface area contributed by atoms with E-state index in [0.29, 0.717) is 40.9 Å². The first-order chi connectivity index (χ1) is 12.5. The second kappa shape index (κ2) is 10.2. The molecule has 2 rings (SSSR count).